The van der Waals surface area contributed by atoms with Gasteiger partial charge in [-0.05, 0) is 18.1 Å². The van der Waals surface area contributed by atoms with Crippen LogP contribution >= 0.6 is 11.3 Å². The first-order chi connectivity index (χ1) is 8.78. The van der Waals surface area contributed by atoms with Gasteiger partial charge >= 0.3 is 0 Å². The first-order valence-electron chi connectivity index (χ1n) is 5.96. The van der Waals surface area contributed by atoms with E-state index < -0.39 is 0 Å². The number of thiazole rings is 1. The van der Waals surface area contributed by atoms with Gasteiger partial charge in [-0.3, -0.25) is 0 Å². The number of nitrogens with zero attached hydrogens (tertiary/aromatic N) is 1. The highest BCUT2D eigenvalue weighted by molar-refractivity contribution is 7.09. The van der Waals surface area contributed by atoms with Crippen molar-refractivity contribution in [3.63, 3.8) is 0 Å². The highest BCUT2D eigenvalue weighted by Crippen LogP contribution is 2.08. The Morgan fingerprint density at radius 3 is 2.50 bits per heavy atom. The van der Waals surface area contributed by atoms with Crippen LogP contribution in [0.2, 0.25) is 0 Å². The van der Waals surface area contributed by atoms with Gasteiger partial charge in [-0.1, -0.05) is 24.3 Å². The maximum Gasteiger partial charge on any atom is 0.0897 e. The number of hydrogen-bond acceptors (Lipinski definition) is 4. The van der Waals surface area contributed by atoms with E-state index in [-0.39, 0.29) is 0 Å². The summed E-state index contributed by atoms with van der Waals surface area (Å²) in [6.45, 7) is 4.39. The van der Waals surface area contributed by atoms with Gasteiger partial charge in [0.25, 0.3) is 0 Å². The first-order valence-corrected chi connectivity index (χ1v) is 6.84. The van der Waals surface area contributed by atoms with Gasteiger partial charge in [0, 0.05) is 25.6 Å². The second kappa shape index (κ2) is 6.64. The number of aryl methyl sites for hydroxylation is 1. The molecule has 0 saturated carbocycles. The SMILES string of the molecule is COCc1ccc(CNCc2csc(C)n2)cc1. The topological polar surface area (TPSA) is 34.1 Å². The third-order valence-corrected chi connectivity index (χ3v) is 3.46. The summed E-state index contributed by atoms with van der Waals surface area (Å²) < 4.78 is 5.09. The zero-order chi connectivity index (χ0) is 12.8. The lowest BCUT2D eigenvalue weighted by Gasteiger charge is -2.05. The van der Waals surface area contributed by atoms with Crippen LogP contribution < -0.4 is 5.32 Å². The molecule has 0 spiro atoms. The fraction of sp³-hybridized carbons (Fsp3) is 0.357. The smallest absolute Gasteiger partial charge is 0.0897 e. The molecule has 0 saturated heterocycles. The summed E-state index contributed by atoms with van der Waals surface area (Å²) >= 11 is 1.69. The van der Waals surface area contributed by atoms with Crippen LogP contribution in [0.5, 0.6) is 0 Å². The zero-order valence-corrected chi connectivity index (χ0v) is 11.6. The first kappa shape index (κ1) is 13.2. The molecule has 1 aromatic carbocycles. The van der Waals surface area contributed by atoms with Crippen LogP contribution in [0.15, 0.2) is 29.6 Å². The highest BCUT2D eigenvalue weighted by Gasteiger charge is 1.98. The molecule has 18 heavy (non-hydrogen) atoms. The Hall–Kier alpha value is -1.23. The van der Waals surface area contributed by atoms with Crippen molar-refractivity contribution in [3.05, 3.63) is 51.5 Å². The molecule has 0 aliphatic rings. The molecule has 0 aliphatic carbocycles. The van der Waals surface area contributed by atoms with Gasteiger partial charge in [-0.25, -0.2) is 4.98 Å². The van der Waals surface area contributed by atoms with Crippen LogP contribution in [0.4, 0.5) is 0 Å². The van der Waals surface area contributed by atoms with Crippen LogP contribution in [0.3, 0.4) is 0 Å². The Balaban J connectivity index is 1.79. The van der Waals surface area contributed by atoms with Gasteiger partial charge in [0.15, 0.2) is 0 Å². The van der Waals surface area contributed by atoms with Crippen molar-refractivity contribution in [3.8, 4) is 0 Å². The maximum absolute atomic E-state index is 5.09. The fourth-order valence-electron chi connectivity index (χ4n) is 1.74. The van der Waals surface area contributed by atoms with E-state index in [1.54, 1.807) is 18.4 Å². The fourth-order valence-corrected chi connectivity index (χ4v) is 2.36. The summed E-state index contributed by atoms with van der Waals surface area (Å²) in [7, 11) is 1.71. The van der Waals surface area contributed by atoms with Crippen molar-refractivity contribution >= 4 is 11.3 Å². The third kappa shape index (κ3) is 3.91. The van der Waals surface area contributed by atoms with Crippen molar-refractivity contribution in [2.24, 2.45) is 0 Å². The lowest BCUT2D eigenvalue weighted by atomic mass is 10.1. The number of ether oxygens (including phenoxy) is 1. The number of rotatable bonds is 6. The molecule has 0 radical (unpaired) electrons. The summed E-state index contributed by atoms with van der Waals surface area (Å²) in [4.78, 5) is 4.42. The molecule has 0 atom stereocenters. The number of methoxy groups -OCH3 is 1. The standard InChI is InChI=1S/C14H18N2OS/c1-11-16-14(10-18-11)8-15-7-12-3-5-13(6-4-12)9-17-2/h3-6,10,15H,7-9H2,1-2H3. The van der Waals surface area contributed by atoms with Crippen molar-refractivity contribution < 1.29 is 4.74 Å². The molecule has 0 unspecified atom stereocenters. The van der Waals surface area contributed by atoms with Gasteiger partial charge in [0.2, 0.25) is 0 Å². The molecule has 1 N–H and O–H groups in total. The summed E-state index contributed by atoms with van der Waals surface area (Å²) in [5, 5.41) is 6.62. The van der Waals surface area contributed by atoms with Crippen LogP contribution in [0, 0.1) is 6.92 Å². The van der Waals surface area contributed by atoms with Crippen molar-refractivity contribution in [1.29, 1.82) is 0 Å². The quantitative estimate of drug-likeness (QED) is 0.869. The molecule has 0 bridgehead atoms. The van der Waals surface area contributed by atoms with Crippen LogP contribution in [0.25, 0.3) is 0 Å². The van der Waals surface area contributed by atoms with Crippen LogP contribution in [-0.2, 0) is 24.4 Å². The van der Waals surface area contributed by atoms with Gasteiger partial charge in [-0.2, -0.15) is 0 Å². The van der Waals surface area contributed by atoms with E-state index in [1.165, 1.54) is 11.1 Å². The molecule has 0 fully saturated rings. The average molecular weight is 262 g/mol. The van der Waals surface area contributed by atoms with E-state index in [9.17, 15) is 0 Å². The van der Waals surface area contributed by atoms with Gasteiger partial charge in [0.1, 0.15) is 0 Å². The molecule has 0 amide bonds. The molecular formula is C14H18N2OS. The van der Waals surface area contributed by atoms with E-state index in [0.717, 1.165) is 23.8 Å². The third-order valence-electron chi connectivity index (χ3n) is 2.64. The lowest BCUT2D eigenvalue weighted by Crippen LogP contribution is -2.12. The van der Waals surface area contributed by atoms with E-state index in [4.69, 9.17) is 4.74 Å². The maximum atomic E-state index is 5.09. The Labute approximate surface area is 112 Å². The molecule has 2 rings (SSSR count). The second-order valence-corrected chi connectivity index (χ2v) is 5.27. The van der Waals surface area contributed by atoms with Gasteiger partial charge in [0.05, 0.1) is 17.3 Å². The predicted octanol–water partition coefficient (Wildman–Crippen LogP) is 2.89. The molecule has 1 aromatic heterocycles. The summed E-state index contributed by atoms with van der Waals surface area (Å²) in [6, 6.07) is 8.47. The molecule has 2 aromatic rings. The predicted molar refractivity (Wildman–Crippen MR) is 74.5 cm³/mol. The Morgan fingerprint density at radius 1 is 1.17 bits per heavy atom. The summed E-state index contributed by atoms with van der Waals surface area (Å²) in [5.74, 6) is 0. The van der Waals surface area contributed by atoms with E-state index in [2.05, 4.69) is 39.9 Å². The highest BCUT2D eigenvalue weighted by atomic mass is 32.1. The molecule has 3 nitrogen and oxygen atoms in total. The molecule has 96 valence electrons. The number of nitrogens with one attached hydrogen (secondary N) is 1. The lowest BCUT2D eigenvalue weighted by molar-refractivity contribution is 0.185. The molecule has 1 heterocycles. The minimum Gasteiger partial charge on any atom is -0.380 e. The molecule has 0 aliphatic heterocycles. The van der Waals surface area contributed by atoms with E-state index in [1.807, 2.05) is 6.92 Å². The van der Waals surface area contributed by atoms with Gasteiger partial charge < -0.3 is 10.1 Å². The van der Waals surface area contributed by atoms with E-state index >= 15 is 0 Å². The van der Waals surface area contributed by atoms with Gasteiger partial charge in [-0.15, -0.1) is 11.3 Å². The summed E-state index contributed by atoms with van der Waals surface area (Å²) in [5.41, 5.74) is 3.60. The monoisotopic (exact) mass is 262 g/mol. The summed E-state index contributed by atoms with van der Waals surface area (Å²) in [6.07, 6.45) is 0. The number of hydrogen-bond donors (Lipinski definition) is 1. The van der Waals surface area contributed by atoms with Crippen molar-refractivity contribution in [2.45, 2.75) is 26.6 Å². The second-order valence-electron chi connectivity index (χ2n) is 4.21. The molecular weight excluding hydrogens is 244 g/mol. The normalized spacial score (nSPS) is 10.8. The van der Waals surface area contributed by atoms with E-state index in [0.29, 0.717) is 6.61 Å². The minimum absolute atomic E-state index is 0.672. The Kier molecular flexibility index (Phi) is 4.87. The molecule has 4 heteroatoms. The number of aromatic nitrogens is 1. The average Bonchev–Trinajstić information content (AvgIpc) is 2.78. The zero-order valence-electron chi connectivity index (χ0n) is 10.8. The van der Waals surface area contributed by atoms with Crippen molar-refractivity contribution in [2.75, 3.05) is 7.11 Å². The van der Waals surface area contributed by atoms with Crippen LogP contribution in [-0.4, -0.2) is 12.1 Å². The number of benzene rings is 1. The largest absolute Gasteiger partial charge is 0.380 e. The Morgan fingerprint density at radius 2 is 1.89 bits per heavy atom. The Bertz CT molecular complexity index is 479. The van der Waals surface area contributed by atoms with Crippen LogP contribution in [0.1, 0.15) is 21.8 Å². The van der Waals surface area contributed by atoms with Crippen molar-refractivity contribution in [1.82, 2.24) is 10.3 Å². The minimum atomic E-state index is 0.672.